The van der Waals surface area contributed by atoms with E-state index in [1.54, 1.807) is 12.4 Å². The minimum atomic E-state index is -0.893. The molecule has 5 nitrogen and oxygen atoms in total. The molecular formula is C15H17BN2O3. The molecule has 0 saturated carbocycles. The maximum Gasteiger partial charge on any atom is 0.492 e. The van der Waals surface area contributed by atoms with E-state index in [2.05, 4.69) is 9.97 Å². The van der Waals surface area contributed by atoms with Gasteiger partial charge in [0.05, 0.1) is 11.8 Å². The van der Waals surface area contributed by atoms with Gasteiger partial charge in [0.15, 0.2) is 0 Å². The predicted octanol–water partition coefficient (Wildman–Crippen LogP) is 2.05. The molecule has 0 spiro atoms. The molecule has 6 heteroatoms. The lowest BCUT2D eigenvalue weighted by atomic mass is 9.77. The topological polar surface area (TPSA) is 64.5 Å². The predicted molar refractivity (Wildman–Crippen MR) is 79.7 cm³/mol. The monoisotopic (exact) mass is 284 g/mol. The van der Waals surface area contributed by atoms with Crippen molar-refractivity contribution < 1.29 is 14.4 Å². The van der Waals surface area contributed by atoms with Gasteiger partial charge in [0.25, 0.3) is 0 Å². The SMILES string of the molecule is CCC1OB(O)c2cc(Oc3nccnc3C)cc(C)c21. The molecule has 1 N–H and O–H groups in total. The van der Waals surface area contributed by atoms with Crippen molar-refractivity contribution in [2.45, 2.75) is 33.3 Å². The van der Waals surface area contributed by atoms with E-state index < -0.39 is 7.12 Å². The zero-order valence-electron chi connectivity index (χ0n) is 12.3. The summed E-state index contributed by atoms with van der Waals surface area (Å²) in [6.07, 6.45) is 3.99. The third-order valence-corrected chi connectivity index (χ3v) is 3.70. The number of hydrogen-bond acceptors (Lipinski definition) is 5. The number of aromatic nitrogens is 2. The van der Waals surface area contributed by atoms with E-state index >= 15 is 0 Å². The average Bonchev–Trinajstić information content (AvgIpc) is 2.79. The zero-order valence-corrected chi connectivity index (χ0v) is 12.3. The Bertz CT molecular complexity index is 678. The van der Waals surface area contributed by atoms with E-state index in [0.717, 1.165) is 28.7 Å². The third-order valence-electron chi connectivity index (χ3n) is 3.70. The fourth-order valence-corrected chi connectivity index (χ4v) is 2.70. The number of nitrogens with zero attached hydrogens (tertiary/aromatic N) is 2. The van der Waals surface area contributed by atoms with Gasteiger partial charge in [-0.3, -0.25) is 4.98 Å². The molecule has 1 aromatic carbocycles. The maximum atomic E-state index is 10.0. The van der Waals surface area contributed by atoms with Gasteiger partial charge in [0.2, 0.25) is 5.88 Å². The number of benzene rings is 1. The maximum absolute atomic E-state index is 10.0. The molecule has 0 radical (unpaired) electrons. The van der Waals surface area contributed by atoms with Crippen LogP contribution in [0, 0.1) is 13.8 Å². The number of hydrogen-bond donors (Lipinski definition) is 1. The van der Waals surface area contributed by atoms with Crippen LogP contribution in [-0.2, 0) is 4.65 Å². The van der Waals surface area contributed by atoms with Crippen LogP contribution in [-0.4, -0.2) is 22.1 Å². The quantitative estimate of drug-likeness (QED) is 0.874. The molecule has 1 unspecified atom stereocenters. The van der Waals surface area contributed by atoms with Gasteiger partial charge in [-0.15, -0.1) is 0 Å². The summed E-state index contributed by atoms with van der Waals surface area (Å²) in [6.45, 7) is 5.88. The summed E-state index contributed by atoms with van der Waals surface area (Å²) in [5.41, 5.74) is 3.61. The molecule has 21 heavy (non-hydrogen) atoms. The van der Waals surface area contributed by atoms with Crippen LogP contribution in [0.5, 0.6) is 11.6 Å². The fourth-order valence-electron chi connectivity index (χ4n) is 2.70. The number of aryl methyl sites for hydroxylation is 2. The van der Waals surface area contributed by atoms with Crippen LogP contribution in [0.3, 0.4) is 0 Å². The Morgan fingerprint density at radius 2 is 2.05 bits per heavy atom. The molecule has 1 aliphatic heterocycles. The van der Waals surface area contributed by atoms with Crippen molar-refractivity contribution in [3.05, 3.63) is 41.3 Å². The second-order valence-corrected chi connectivity index (χ2v) is 5.18. The molecule has 0 fully saturated rings. The zero-order chi connectivity index (χ0) is 15.0. The highest BCUT2D eigenvalue weighted by molar-refractivity contribution is 6.61. The highest BCUT2D eigenvalue weighted by Gasteiger charge is 2.35. The van der Waals surface area contributed by atoms with Crippen molar-refractivity contribution in [3.63, 3.8) is 0 Å². The van der Waals surface area contributed by atoms with Crippen LogP contribution < -0.4 is 10.2 Å². The first-order chi connectivity index (χ1) is 10.1. The summed E-state index contributed by atoms with van der Waals surface area (Å²) in [5.74, 6) is 1.10. The van der Waals surface area contributed by atoms with Crippen molar-refractivity contribution in [2.75, 3.05) is 0 Å². The lowest BCUT2D eigenvalue weighted by Crippen LogP contribution is -2.28. The Hall–Kier alpha value is -1.92. The van der Waals surface area contributed by atoms with Gasteiger partial charge in [-0.25, -0.2) is 4.98 Å². The summed E-state index contributed by atoms with van der Waals surface area (Å²) < 4.78 is 11.4. The summed E-state index contributed by atoms with van der Waals surface area (Å²) in [5, 5.41) is 10.0. The smallest absolute Gasteiger partial charge is 0.437 e. The van der Waals surface area contributed by atoms with Crippen LogP contribution in [0.4, 0.5) is 0 Å². The fraction of sp³-hybridized carbons (Fsp3) is 0.333. The molecule has 0 saturated heterocycles. The molecule has 1 aliphatic rings. The van der Waals surface area contributed by atoms with Gasteiger partial charge in [-0.05, 0) is 49.0 Å². The molecule has 1 atom stereocenters. The van der Waals surface area contributed by atoms with Crippen molar-refractivity contribution in [1.29, 1.82) is 0 Å². The highest BCUT2D eigenvalue weighted by Crippen LogP contribution is 2.32. The Morgan fingerprint density at radius 3 is 2.76 bits per heavy atom. The number of ether oxygens (including phenoxy) is 1. The van der Waals surface area contributed by atoms with Crippen molar-refractivity contribution in [1.82, 2.24) is 9.97 Å². The van der Waals surface area contributed by atoms with E-state index in [1.807, 2.05) is 32.9 Å². The van der Waals surface area contributed by atoms with Crippen LogP contribution in [0.1, 0.15) is 36.3 Å². The van der Waals surface area contributed by atoms with E-state index in [0.29, 0.717) is 11.6 Å². The molecule has 108 valence electrons. The van der Waals surface area contributed by atoms with Crippen LogP contribution in [0.2, 0.25) is 0 Å². The summed E-state index contributed by atoms with van der Waals surface area (Å²) >= 11 is 0. The van der Waals surface area contributed by atoms with Crippen LogP contribution >= 0.6 is 0 Å². The molecule has 1 aromatic heterocycles. The Morgan fingerprint density at radius 1 is 1.29 bits per heavy atom. The molecule has 0 bridgehead atoms. The molecule has 0 aliphatic carbocycles. The Kier molecular flexibility index (Phi) is 3.65. The average molecular weight is 284 g/mol. The van der Waals surface area contributed by atoms with Gasteiger partial charge in [-0.1, -0.05) is 6.92 Å². The molecule has 2 heterocycles. The Labute approximate surface area is 124 Å². The minimum absolute atomic E-state index is 0.0534. The first-order valence-electron chi connectivity index (χ1n) is 7.03. The largest absolute Gasteiger partial charge is 0.492 e. The van der Waals surface area contributed by atoms with Gasteiger partial charge in [0.1, 0.15) is 5.75 Å². The normalized spacial score (nSPS) is 17.0. The van der Waals surface area contributed by atoms with E-state index in [4.69, 9.17) is 9.39 Å². The van der Waals surface area contributed by atoms with Crippen molar-refractivity contribution >= 4 is 12.6 Å². The van der Waals surface area contributed by atoms with E-state index in [9.17, 15) is 5.02 Å². The molecule has 0 amide bonds. The van der Waals surface area contributed by atoms with Gasteiger partial charge in [0, 0.05) is 12.4 Å². The van der Waals surface area contributed by atoms with Gasteiger partial charge < -0.3 is 14.4 Å². The second-order valence-electron chi connectivity index (χ2n) is 5.18. The third kappa shape index (κ3) is 2.52. The van der Waals surface area contributed by atoms with Gasteiger partial charge in [-0.2, -0.15) is 0 Å². The molecular weight excluding hydrogens is 267 g/mol. The summed E-state index contributed by atoms with van der Waals surface area (Å²) in [7, 11) is -0.893. The van der Waals surface area contributed by atoms with E-state index in [-0.39, 0.29) is 6.10 Å². The summed E-state index contributed by atoms with van der Waals surface area (Å²) in [4.78, 5) is 8.32. The second kappa shape index (κ2) is 5.46. The van der Waals surface area contributed by atoms with Crippen LogP contribution in [0.15, 0.2) is 24.5 Å². The first kappa shape index (κ1) is 14.0. The number of rotatable bonds is 3. The lowest BCUT2D eigenvalue weighted by molar-refractivity contribution is 0.186. The standard InChI is InChI=1S/C15H17BN2O3/c1-4-13-14-9(2)7-11(8-12(14)16(19)21-13)20-15-10(3)17-5-6-18-15/h5-8,13,19H,4H2,1-3H3. The van der Waals surface area contributed by atoms with Crippen molar-refractivity contribution in [3.8, 4) is 11.6 Å². The summed E-state index contributed by atoms with van der Waals surface area (Å²) in [6, 6.07) is 3.76. The molecule has 2 aromatic rings. The minimum Gasteiger partial charge on any atom is -0.437 e. The van der Waals surface area contributed by atoms with Crippen LogP contribution in [0.25, 0.3) is 0 Å². The van der Waals surface area contributed by atoms with E-state index in [1.165, 1.54) is 0 Å². The lowest BCUT2D eigenvalue weighted by Gasteiger charge is -2.13. The van der Waals surface area contributed by atoms with Gasteiger partial charge >= 0.3 is 7.12 Å². The molecule has 3 rings (SSSR count). The first-order valence-corrected chi connectivity index (χ1v) is 7.03. The number of fused-ring (bicyclic) bond motifs is 1. The van der Waals surface area contributed by atoms with Crippen molar-refractivity contribution in [2.24, 2.45) is 0 Å². The highest BCUT2D eigenvalue weighted by atomic mass is 16.5. The Balaban J connectivity index is 1.98.